The first-order valence-electron chi connectivity index (χ1n) is 8.42. The van der Waals surface area contributed by atoms with Gasteiger partial charge in [-0.15, -0.1) is 0 Å². The zero-order valence-electron chi connectivity index (χ0n) is 14.8. The van der Waals surface area contributed by atoms with Crippen LogP contribution in [0.25, 0.3) is 5.69 Å². The van der Waals surface area contributed by atoms with E-state index in [2.05, 4.69) is 28.7 Å². The summed E-state index contributed by atoms with van der Waals surface area (Å²) in [5.41, 5.74) is 0.886. The van der Waals surface area contributed by atoms with Crippen molar-refractivity contribution in [3.63, 3.8) is 0 Å². The van der Waals surface area contributed by atoms with Crippen molar-refractivity contribution in [3.8, 4) is 11.6 Å². The Morgan fingerprint density at radius 2 is 2.12 bits per heavy atom. The predicted molar refractivity (Wildman–Crippen MR) is 101 cm³/mol. The molecule has 0 aliphatic heterocycles. The molecule has 1 atom stereocenters. The average molecular weight is 360 g/mol. The molecule has 0 aliphatic rings. The molecule has 2 aromatic rings. The first-order chi connectivity index (χ1) is 12.1. The second-order valence-corrected chi connectivity index (χ2v) is 6.75. The number of amides is 2. The van der Waals surface area contributed by atoms with E-state index in [1.54, 1.807) is 16.9 Å². The smallest absolute Gasteiger partial charge is 0.351 e. The standard InChI is InChI=1S/C18H24N4O2S/c1-4-11-24-17-12-15(20-18(23)21-25-14(3)5-2)13-19-22(17)16-9-7-6-8-10-16/h6-10,12-14H,4-5,11H2,1-3H3,(H,21,23). The van der Waals surface area contributed by atoms with Gasteiger partial charge in [-0.2, -0.15) is 10.1 Å². The molecule has 1 aromatic carbocycles. The van der Waals surface area contributed by atoms with Crippen LogP contribution in [0.2, 0.25) is 0 Å². The van der Waals surface area contributed by atoms with Gasteiger partial charge in [0.15, 0.2) is 0 Å². The van der Waals surface area contributed by atoms with Gasteiger partial charge < -0.3 is 4.74 Å². The molecule has 0 spiro atoms. The van der Waals surface area contributed by atoms with Crippen LogP contribution < -0.4 is 14.8 Å². The molecule has 2 amide bonds. The molecule has 0 saturated carbocycles. The van der Waals surface area contributed by atoms with Gasteiger partial charge in [-0.05, 0) is 36.9 Å². The number of urea groups is 1. The molecule has 0 bridgehead atoms. The SMILES string of the molecule is CCCOc1cc(=NC(=O)NSC(C)CC)cnn1-c1ccccc1. The van der Waals surface area contributed by atoms with Crippen LogP contribution in [0.4, 0.5) is 4.79 Å². The van der Waals surface area contributed by atoms with Gasteiger partial charge in [0.2, 0.25) is 5.88 Å². The number of nitrogens with zero attached hydrogens (tertiary/aromatic N) is 3. The van der Waals surface area contributed by atoms with E-state index in [4.69, 9.17) is 4.74 Å². The molecule has 0 fully saturated rings. The van der Waals surface area contributed by atoms with Crippen LogP contribution in [0.3, 0.4) is 0 Å². The number of para-hydroxylation sites is 1. The molecule has 1 heterocycles. The van der Waals surface area contributed by atoms with Gasteiger partial charge in [-0.3, -0.25) is 4.72 Å². The third-order valence-electron chi connectivity index (χ3n) is 3.39. The molecule has 6 nitrogen and oxygen atoms in total. The Morgan fingerprint density at radius 1 is 1.36 bits per heavy atom. The van der Waals surface area contributed by atoms with Crippen molar-refractivity contribution in [1.82, 2.24) is 14.5 Å². The summed E-state index contributed by atoms with van der Waals surface area (Å²) in [4.78, 5) is 16.0. The van der Waals surface area contributed by atoms with Crippen LogP contribution in [-0.2, 0) is 0 Å². The van der Waals surface area contributed by atoms with E-state index in [9.17, 15) is 4.79 Å². The topological polar surface area (TPSA) is 68.5 Å². The number of aromatic nitrogens is 2. The van der Waals surface area contributed by atoms with E-state index in [1.165, 1.54) is 11.9 Å². The van der Waals surface area contributed by atoms with E-state index >= 15 is 0 Å². The van der Waals surface area contributed by atoms with E-state index in [0.717, 1.165) is 18.5 Å². The van der Waals surface area contributed by atoms with Crippen molar-refractivity contribution in [2.45, 2.75) is 38.9 Å². The maximum Gasteiger partial charge on any atom is 0.351 e. The lowest BCUT2D eigenvalue weighted by Gasteiger charge is -2.12. The second kappa shape index (κ2) is 9.88. The minimum absolute atomic E-state index is 0.344. The highest BCUT2D eigenvalue weighted by Crippen LogP contribution is 2.14. The second-order valence-electron chi connectivity index (χ2n) is 5.50. The monoisotopic (exact) mass is 360 g/mol. The van der Waals surface area contributed by atoms with Crippen LogP contribution in [-0.4, -0.2) is 27.7 Å². The maximum absolute atomic E-state index is 11.9. The molecule has 2 rings (SSSR count). The van der Waals surface area contributed by atoms with Gasteiger partial charge in [0.05, 0.1) is 23.8 Å². The van der Waals surface area contributed by atoms with E-state index in [-0.39, 0.29) is 0 Å². The van der Waals surface area contributed by atoms with Crippen LogP contribution in [0.1, 0.15) is 33.6 Å². The Bertz CT molecular complexity index is 746. The molecule has 0 saturated heterocycles. The summed E-state index contributed by atoms with van der Waals surface area (Å²) in [6, 6.07) is 11.0. The first kappa shape index (κ1) is 19.1. The molecule has 0 radical (unpaired) electrons. The number of carbonyl (C=O) groups excluding carboxylic acids is 1. The number of hydrogen-bond acceptors (Lipinski definition) is 4. The van der Waals surface area contributed by atoms with Gasteiger partial charge in [-0.1, -0.05) is 39.0 Å². The fourth-order valence-corrected chi connectivity index (χ4v) is 2.42. The lowest BCUT2D eigenvalue weighted by Crippen LogP contribution is -2.20. The number of ether oxygens (including phenoxy) is 1. The summed E-state index contributed by atoms with van der Waals surface area (Å²) in [5.74, 6) is 0.552. The molecule has 1 N–H and O–H groups in total. The summed E-state index contributed by atoms with van der Waals surface area (Å²) < 4.78 is 10.2. The molecule has 25 heavy (non-hydrogen) atoms. The minimum atomic E-state index is -0.397. The highest BCUT2D eigenvalue weighted by molar-refractivity contribution is 7.98. The molecular formula is C18H24N4O2S. The minimum Gasteiger partial charge on any atom is -0.478 e. The van der Waals surface area contributed by atoms with E-state index < -0.39 is 6.03 Å². The number of benzene rings is 1. The van der Waals surface area contributed by atoms with Gasteiger partial charge in [0.25, 0.3) is 0 Å². The van der Waals surface area contributed by atoms with Gasteiger partial charge in [0.1, 0.15) is 0 Å². The van der Waals surface area contributed by atoms with Gasteiger partial charge >= 0.3 is 6.03 Å². The zero-order chi connectivity index (χ0) is 18.1. The summed E-state index contributed by atoms with van der Waals surface area (Å²) >= 11 is 1.37. The predicted octanol–water partition coefficient (Wildman–Crippen LogP) is 3.72. The van der Waals surface area contributed by atoms with Crippen molar-refractivity contribution in [3.05, 3.63) is 48.0 Å². The van der Waals surface area contributed by atoms with Crippen LogP contribution in [0, 0.1) is 0 Å². The van der Waals surface area contributed by atoms with Crippen molar-refractivity contribution < 1.29 is 9.53 Å². The highest BCUT2D eigenvalue weighted by atomic mass is 32.2. The van der Waals surface area contributed by atoms with Crippen molar-refractivity contribution >= 4 is 18.0 Å². The first-order valence-corrected chi connectivity index (χ1v) is 9.30. The fraction of sp³-hybridized carbons (Fsp3) is 0.389. The zero-order valence-corrected chi connectivity index (χ0v) is 15.6. The summed E-state index contributed by atoms with van der Waals surface area (Å²) in [7, 11) is 0. The van der Waals surface area contributed by atoms with E-state index in [1.807, 2.05) is 37.3 Å². The normalized spacial score (nSPS) is 12.7. The van der Waals surface area contributed by atoms with Crippen molar-refractivity contribution in [1.29, 1.82) is 0 Å². The third-order valence-corrected chi connectivity index (χ3v) is 4.42. The summed E-state index contributed by atoms with van der Waals surface area (Å²) in [6.45, 7) is 6.72. The number of hydrogen-bond donors (Lipinski definition) is 1. The van der Waals surface area contributed by atoms with Crippen molar-refractivity contribution in [2.24, 2.45) is 4.99 Å². The average Bonchev–Trinajstić information content (AvgIpc) is 2.65. The Labute approximate surface area is 152 Å². The molecule has 7 heteroatoms. The largest absolute Gasteiger partial charge is 0.478 e. The van der Waals surface area contributed by atoms with Gasteiger partial charge in [0, 0.05) is 11.3 Å². The molecule has 0 aliphatic carbocycles. The van der Waals surface area contributed by atoms with Crippen LogP contribution >= 0.6 is 11.9 Å². The van der Waals surface area contributed by atoms with Crippen LogP contribution in [0.15, 0.2) is 47.6 Å². The van der Waals surface area contributed by atoms with Crippen LogP contribution in [0.5, 0.6) is 5.88 Å². The van der Waals surface area contributed by atoms with Gasteiger partial charge in [-0.25, -0.2) is 9.48 Å². The van der Waals surface area contributed by atoms with E-state index in [0.29, 0.717) is 23.1 Å². The lowest BCUT2D eigenvalue weighted by molar-refractivity contribution is 0.253. The Kier molecular flexibility index (Phi) is 7.53. The number of nitrogens with one attached hydrogen (secondary N) is 1. The number of carbonyl (C=O) groups is 1. The lowest BCUT2D eigenvalue weighted by atomic mass is 10.3. The Balaban J connectivity index is 2.25. The molecule has 1 unspecified atom stereocenters. The third kappa shape index (κ3) is 5.94. The maximum atomic E-state index is 11.9. The Morgan fingerprint density at radius 3 is 2.80 bits per heavy atom. The quantitative estimate of drug-likeness (QED) is 0.764. The number of rotatable bonds is 7. The molecule has 1 aromatic heterocycles. The summed E-state index contributed by atoms with van der Waals surface area (Å²) in [6.07, 6.45) is 3.41. The Hall–Kier alpha value is -2.28. The summed E-state index contributed by atoms with van der Waals surface area (Å²) in [5, 5.41) is 5.18. The van der Waals surface area contributed by atoms with Crippen molar-refractivity contribution in [2.75, 3.05) is 6.61 Å². The molecule has 134 valence electrons. The fourth-order valence-electron chi connectivity index (χ4n) is 1.91. The molecular weight excluding hydrogens is 336 g/mol. The highest BCUT2D eigenvalue weighted by Gasteiger charge is 2.07.